The largest absolute Gasteiger partial charge is 0.256 e. The summed E-state index contributed by atoms with van der Waals surface area (Å²) in [5.74, 6) is 0. The lowest BCUT2D eigenvalue weighted by Crippen LogP contribution is -2.75. The Morgan fingerprint density at radius 2 is 0.763 bits per heavy atom. The van der Waals surface area contributed by atoms with Gasteiger partial charge in [0.05, 0.1) is 33.5 Å². The third-order valence-corrected chi connectivity index (χ3v) is 16.5. The maximum atomic E-state index is 5.71. The van der Waals surface area contributed by atoms with Gasteiger partial charge in [0.25, 0.3) is 0 Å². The fourth-order valence-corrected chi connectivity index (χ4v) is 14.0. The van der Waals surface area contributed by atoms with Crippen LogP contribution in [-0.4, -0.2) is 28.0 Å². The highest BCUT2D eigenvalue weighted by Crippen LogP contribution is 2.38. The van der Waals surface area contributed by atoms with E-state index in [4.69, 9.17) is 19.9 Å². The third-order valence-electron chi connectivity index (χ3n) is 11.7. The molecule has 4 heterocycles. The van der Waals surface area contributed by atoms with Crippen molar-refractivity contribution in [2.45, 2.75) is 0 Å². The van der Waals surface area contributed by atoms with Gasteiger partial charge in [-0.25, -0.2) is 9.97 Å². The number of para-hydroxylation sites is 2. The minimum Gasteiger partial charge on any atom is -0.256 e. The van der Waals surface area contributed by atoms with Crippen molar-refractivity contribution in [1.29, 1.82) is 0 Å². The lowest BCUT2D eigenvalue weighted by molar-refractivity contribution is 1.35. The second kappa shape index (κ2) is 14.4. The Kier molecular flexibility index (Phi) is 8.45. The van der Waals surface area contributed by atoms with Crippen LogP contribution in [0.4, 0.5) is 0 Å². The van der Waals surface area contributed by atoms with Crippen molar-refractivity contribution in [3.63, 3.8) is 0 Å². The molecule has 0 bridgehead atoms. The Balaban J connectivity index is 1.35. The SMILES string of the molecule is c1ccc(-c2cc(-c3cccc4cccnc34)nc3c2ccc2c([Si](c4ccccc4)(c4ccccc4)c4ccccc4)cc(-c4cccc5cccnc45)nc23)cc1. The number of aromatic nitrogens is 4. The van der Waals surface area contributed by atoms with E-state index in [1.165, 1.54) is 20.7 Å². The molecule has 4 aromatic heterocycles. The summed E-state index contributed by atoms with van der Waals surface area (Å²) in [5, 5.41) is 9.38. The van der Waals surface area contributed by atoms with Crippen LogP contribution >= 0.6 is 0 Å². The van der Waals surface area contributed by atoms with Gasteiger partial charge in [0.1, 0.15) is 0 Å². The summed E-state index contributed by atoms with van der Waals surface area (Å²) in [6, 6.07) is 74.0. The van der Waals surface area contributed by atoms with Crippen molar-refractivity contribution in [1.82, 2.24) is 19.9 Å². The molecule has 276 valence electrons. The first-order valence-corrected chi connectivity index (χ1v) is 22.0. The molecule has 0 atom stereocenters. The number of pyridine rings is 4. The molecule has 4 nitrogen and oxygen atoms in total. The zero-order valence-electron chi connectivity index (χ0n) is 32.1. The fourth-order valence-electron chi connectivity index (χ4n) is 9.07. The summed E-state index contributed by atoms with van der Waals surface area (Å²) >= 11 is 0. The van der Waals surface area contributed by atoms with E-state index >= 15 is 0 Å². The van der Waals surface area contributed by atoms with Gasteiger partial charge in [0, 0.05) is 45.1 Å². The zero-order chi connectivity index (χ0) is 39.2. The van der Waals surface area contributed by atoms with Crippen LogP contribution in [0.5, 0.6) is 0 Å². The molecule has 0 saturated heterocycles. The molecule has 7 aromatic carbocycles. The summed E-state index contributed by atoms with van der Waals surface area (Å²) in [7, 11) is -3.07. The topological polar surface area (TPSA) is 51.6 Å². The highest BCUT2D eigenvalue weighted by atomic mass is 28.3. The first kappa shape index (κ1) is 34.6. The number of fused-ring (bicyclic) bond motifs is 5. The third kappa shape index (κ3) is 5.74. The smallest absolute Gasteiger partial charge is 0.180 e. The van der Waals surface area contributed by atoms with E-state index in [2.05, 4.69) is 194 Å². The molecule has 0 radical (unpaired) electrons. The van der Waals surface area contributed by atoms with E-state index < -0.39 is 8.07 Å². The summed E-state index contributed by atoms with van der Waals surface area (Å²) < 4.78 is 0. The van der Waals surface area contributed by atoms with Crippen molar-refractivity contribution in [2.24, 2.45) is 0 Å². The van der Waals surface area contributed by atoms with Crippen LogP contribution in [0.2, 0.25) is 0 Å². The molecule has 0 N–H and O–H groups in total. The van der Waals surface area contributed by atoms with E-state index in [0.717, 1.165) is 77.3 Å². The number of nitrogens with zero attached hydrogens (tertiary/aromatic N) is 4. The van der Waals surface area contributed by atoms with Gasteiger partial charge in [0.2, 0.25) is 0 Å². The molecule has 11 rings (SSSR count). The predicted octanol–water partition coefficient (Wildman–Crippen LogP) is 10.3. The van der Waals surface area contributed by atoms with Crippen LogP contribution < -0.4 is 20.7 Å². The van der Waals surface area contributed by atoms with E-state index in [0.29, 0.717) is 0 Å². The molecule has 11 aromatic rings. The normalized spacial score (nSPS) is 11.7. The van der Waals surface area contributed by atoms with E-state index in [-0.39, 0.29) is 0 Å². The quantitative estimate of drug-likeness (QED) is 0.0921. The van der Waals surface area contributed by atoms with Gasteiger partial charge >= 0.3 is 0 Å². The fraction of sp³-hybridized carbons (Fsp3) is 0. The van der Waals surface area contributed by atoms with Crippen LogP contribution in [0.3, 0.4) is 0 Å². The summed E-state index contributed by atoms with van der Waals surface area (Å²) in [5.41, 5.74) is 9.43. The van der Waals surface area contributed by atoms with Crippen LogP contribution in [0.15, 0.2) is 219 Å². The van der Waals surface area contributed by atoms with Gasteiger partial charge in [-0.1, -0.05) is 182 Å². The molecule has 0 aliphatic heterocycles. The second-order valence-corrected chi connectivity index (χ2v) is 18.7. The predicted molar refractivity (Wildman–Crippen MR) is 248 cm³/mol. The van der Waals surface area contributed by atoms with Crippen molar-refractivity contribution in [3.8, 4) is 33.6 Å². The van der Waals surface area contributed by atoms with Gasteiger partial charge in [-0.15, -0.1) is 0 Å². The van der Waals surface area contributed by atoms with Crippen LogP contribution in [-0.2, 0) is 0 Å². The Bertz CT molecular complexity index is 3210. The number of hydrogen-bond donors (Lipinski definition) is 0. The lowest BCUT2D eigenvalue weighted by atomic mass is 9.96. The number of benzene rings is 7. The first-order chi connectivity index (χ1) is 29.3. The average Bonchev–Trinajstić information content (AvgIpc) is 3.32. The van der Waals surface area contributed by atoms with Crippen LogP contribution in [0.1, 0.15) is 0 Å². The van der Waals surface area contributed by atoms with Crippen molar-refractivity contribution >= 4 is 72.4 Å². The van der Waals surface area contributed by atoms with Gasteiger partial charge in [-0.3, -0.25) is 9.97 Å². The maximum absolute atomic E-state index is 5.71. The summed E-state index contributed by atoms with van der Waals surface area (Å²) in [4.78, 5) is 21.2. The van der Waals surface area contributed by atoms with Gasteiger partial charge in [-0.05, 0) is 56.1 Å². The zero-order valence-corrected chi connectivity index (χ0v) is 33.1. The Hall–Kier alpha value is -7.60. The van der Waals surface area contributed by atoms with Gasteiger partial charge < -0.3 is 0 Å². The van der Waals surface area contributed by atoms with E-state index in [1.54, 1.807) is 0 Å². The van der Waals surface area contributed by atoms with Gasteiger partial charge in [-0.2, -0.15) is 0 Å². The van der Waals surface area contributed by atoms with E-state index in [1.807, 2.05) is 24.5 Å². The molecular formula is C54H36N4Si. The van der Waals surface area contributed by atoms with Crippen molar-refractivity contribution < 1.29 is 0 Å². The highest BCUT2D eigenvalue weighted by molar-refractivity contribution is 7.20. The van der Waals surface area contributed by atoms with Crippen molar-refractivity contribution in [2.75, 3.05) is 0 Å². The van der Waals surface area contributed by atoms with Crippen LogP contribution in [0.25, 0.3) is 77.3 Å². The maximum Gasteiger partial charge on any atom is 0.180 e. The first-order valence-electron chi connectivity index (χ1n) is 20.0. The Labute approximate surface area is 343 Å². The average molecular weight is 769 g/mol. The monoisotopic (exact) mass is 768 g/mol. The second-order valence-electron chi connectivity index (χ2n) is 14.9. The van der Waals surface area contributed by atoms with Crippen molar-refractivity contribution in [3.05, 3.63) is 219 Å². The molecule has 0 saturated carbocycles. The molecule has 0 aliphatic carbocycles. The standard InChI is InChI=1S/C54H36N4Si/c1-5-17-37(18-6-1)47-35-48(44-29-13-19-38-21-15-33-55-51(38)44)57-53-43(47)31-32-46-50(36-49(58-54(46)53)45-30-14-20-39-22-16-34-56-52(39)45)59(40-23-7-2-8-24-40,41-25-9-3-10-26-41)42-27-11-4-12-28-42/h1-36H. The molecule has 0 spiro atoms. The Morgan fingerprint density at radius 1 is 0.322 bits per heavy atom. The molecule has 5 heteroatoms. The van der Waals surface area contributed by atoms with Crippen LogP contribution in [0, 0.1) is 0 Å². The molecule has 0 fully saturated rings. The number of hydrogen-bond acceptors (Lipinski definition) is 4. The molecular weight excluding hydrogens is 733 g/mol. The summed E-state index contributed by atoms with van der Waals surface area (Å²) in [6.07, 6.45) is 3.73. The lowest BCUT2D eigenvalue weighted by Gasteiger charge is -2.35. The minimum absolute atomic E-state index is 0.847. The Morgan fingerprint density at radius 3 is 1.29 bits per heavy atom. The number of rotatable bonds is 7. The molecule has 0 amide bonds. The highest BCUT2D eigenvalue weighted by Gasteiger charge is 2.43. The summed E-state index contributed by atoms with van der Waals surface area (Å²) in [6.45, 7) is 0. The molecule has 0 unspecified atom stereocenters. The molecule has 0 aliphatic rings. The molecule has 59 heavy (non-hydrogen) atoms. The minimum atomic E-state index is -3.07. The van der Waals surface area contributed by atoms with E-state index in [9.17, 15) is 0 Å². The van der Waals surface area contributed by atoms with Gasteiger partial charge in [0.15, 0.2) is 8.07 Å².